The molecular weight excluding hydrogens is 399 g/mol. The fraction of sp³-hybridized carbons (Fsp3) is 0.250. The van der Waals surface area contributed by atoms with E-state index in [1.54, 1.807) is 19.2 Å². The second kappa shape index (κ2) is 9.38. The van der Waals surface area contributed by atoms with Crippen LogP contribution in [-0.2, 0) is 13.0 Å². The first-order valence-corrected chi connectivity index (χ1v) is 9.26. The summed E-state index contributed by atoms with van der Waals surface area (Å²) in [5.41, 5.74) is 1.41. The molecule has 0 unspecified atom stereocenters. The van der Waals surface area contributed by atoms with Crippen molar-refractivity contribution in [3.63, 3.8) is 0 Å². The second-order valence-corrected chi connectivity index (χ2v) is 6.85. The molecule has 0 aliphatic carbocycles. The molecule has 29 heavy (non-hydrogen) atoms. The summed E-state index contributed by atoms with van der Waals surface area (Å²) in [6.45, 7) is 2.38. The number of hydrogen-bond acceptors (Lipinski definition) is 5. The van der Waals surface area contributed by atoms with Gasteiger partial charge in [0.15, 0.2) is 12.4 Å². The van der Waals surface area contributed by atoms with Crippen LogP contribution >= 0.6 is 11.6 Å². The highest BCUT2D eigenvalue weighted by molar-refractivity contribution is 6.32. The number of rotatable bonds is 7. The van der Waals surface area contributed by atoms with Crippen LogP contribution in [0.1, 0.15) is 17.3 Å². The number of anilines is 1. The summed E-state index contributed by atoms with van der Waals surface area (Å²) in [4.78, 5) is 17.9. The van der Waals surface area contributed by atoms with E-state index in [0.29, 0.717) is 41.1 Å². The standard InChI is InChI=1S/C20H20ClFN4O3/c1-13-6-7-16(21)17(10-13)28-12-19-24-18(25-29-19)8-9-26(2)20(27)23-15-5-3-4-14(22)11-15/h3-7,10-11H,8-9,12H2,1-2H3,(H,23,27). The van der Waals surface area contributed by atoms with Gasteiger partial charge in [-0.05, 0) is 42.8 Å². The lowest BCUT2D eigenvalue weighted by atomic mass is 10.2. The number of hydrogen-bond donors (Lipinski definition) is 1. The quantitative estimate of drug-likeness (QED) is 0.612. The first-order chi connectivity index (χ1) is 13.9. The first-order valence-electron chi connectivity index (χ1n) is 8.89. The molecule has 9 heteroatoms. The van der Waals surface area contributed by atoms with Crippen molar-refractivity contribution in [1.82, 2.24) is 15.0 Å². The summed E-state index contributed by atoms with van der Waals surface area (Å²) in [5, 5.41) is 7.01. The van der Waals surface area contributed by atoms with Crippen LogP contribution < -0.4 is 10.1 Å². The summed E-state index contributed by atoms with van der Waals surface area (Å²) in [7, 11) is 1.62. The Labute approximate surface area is 172 Å². The van der Waals surface area contributed by atoms with E-state index in [0.717, 1.165) is 5.56 Å². The molecule has 1 N–H and O–H groups in total. The predicted molar refractivity (Wildman–Crippen MR) is 107 cm³/mol. The van der Waals surface area contributed by atoms with E-state index >= 15 is 0 Å². The monoisotopic (exact) mass is 418 g/mol. The number of benzene rings is 2. The number of nitrogens with zero attached hydrogens (tertiary/aromatic N) is 3. The van der Waals surface area contributed by atoms with E-state index in [1.165, 1.54) is 23.1 Å². The number of aryl methyl sites for hydroxylation is 1. The molecule has 0 fully saturated rings. The van der Waals surface area contributed by atoms with E-state index in [9.17, 15) is 9.18 Å². The minimum absolute atomic E-state index is 0.0894. The Morgan fingerprint density at radius 3 is 2.93 bits per heavy atom. The minimum Gasteiger partial charge on any atom is -0.482 e. The Kier molecular flexibility index (Phi) is 6.66. The van der Waals surface area contributed by atoms with Crippen LogP contribution in [-0.4, -0.2) is 34.7 Å². The van der Waals surface area contributed by atoms with Crippen molar-refractivity contribution in [3.05, 3.63) is 70.6 Å². The Morgan fingerprint density at radius 2 is 2.14 bits per heavy atom. The Bertz CT molecular complexity index is 995. The number of nitrogens with one attached hydrogen (secondary N) is 1. The molecule has 1 aromatic heterocycles. The maximum atomic E-state index is 13.2. The maximum Gasteiger partial charge on any atom is 0.321 e. The number of ether oxygens (including phenoxy) is 1. The third-order valence-corrected chi connectivity index (χ3v) is 4.35. The molecule has 0 saturated heterocycles. The number of urea groups is 1. The average Bonchev–Trinajstić information content (AvgIpc) is 3.14. The number of amides is 2. The fourth-order valence-corrected chi connectivity index (χ4v) is 2.64. The van der Waals surface area contributed by atoms with Gasteiger partial charge in [-0.25, -0.2) is 9.18 Å². The van der Waals surface area contributed by atoms with Crippen LogP contribution in [0.2, 0.25) is 5.02 Å². The van der Waals surface area contributed by atoms with Crippen molar-refractivity contribution in [3.8, 4) is 5.75 Å². The van der Waals surface area contributed by atoms with Crippen LogP contribution in [0, 0.1) is 12.7 Å². The average molecular weight is 419 g/mol. The van der Waals surface area contributed by atoms with Crippen molar-refractivity contribution in [2.24, 2.45) is 0 Å². The van der Waals surface area contributed by atoms with Gasteiger partial charge >= 0.3 is 6.03 Å². The van der Waals surface area contributed by atoms with Gasteiger partial charge in [0.25, 0.3) is 5.89 Å². The summed E-state index contributed by atoms with van der Waals surface area (Å²) in [5.74, 6) is 0.882. The third kappa shape index (κ3) is 5.92. The molecule has 7 nitrogen and oxygen atoms in total. The van der Waals surface area contributed by atoms with Crippen LogP contribution in [0.15, 0.2) is 47.0 Å². The highest BCUT2D eigenvalue weighted by Crippen LogP contribution is 2.25. The summed E-state index contributed by atoms with van der Waals surface area (Å²) >= 11 is 6.09. The van der Waals surface area contributed by atoms with Crippen LogP contribution in [0.5, 0.6) is 5.75 Å². The SMILES string of the molecule is Cc1ccc(Cl)c(OCc2nc(CCN(C)C(=O)Nc3cccc(F)c3)no2)c1. The summed E-state index contributed by atoms with van der Waals surface area (Å²) < 4.78 is 24.0. The number of halogens is 2. The largest absolute Gasteiger partial charge is 0.482 e. The zero-order valence-electron chi connectivity index (χ0n) is 16.0. The number of carbonyl (C=O) groups is 1. The van der Waals surface area contributed by atoms with Gasteiger partial charge in [-0.3, -0.25) is 0 Å². The van der Waals surface area contributed by atoms with E-state index in [-0.39, 0.29) is 12.6 Å². The summed E-state index contributed by atoms with van der Waals surface area (Å²) in [6.07, 6.45) is 0.391. The van der Waals surface area contributed by atoms with Crippen molar-refractivity contribution < 1.29 is 18.4 Å². The third-order valence-electron chi connectivity index (χ3n) is 4.04. The first kappa shape index (κ1) is 20.6. The molecule has 2 aromatic carbocycles. The smallest absolute Gasteiger partial charge is 0.321 e. The Morgan fingerprint density at radius 1 is 1.31 bits per heavy atom. The molecule has 0 bridgehead atoms. The highest BCUT2D eigenvalue weighted by atomic mass is 35.5. The molecule has 2 amide bonds. The molecule has 152 valence electrons. The lowest BCUT2D eigenvalue weighted by molar-refractivity contribution is 0.222. The topological polar surface area (TPSA) is 80.5 Å². The zero-order valence-corrected chi connectivity index (χ0v) is 16.7. The van der Waals surface area contributed by atoms with Crippen molar-refractivity contribution in [2.45, 2.75) is 20.0 Å². The van der Waals surface area contributed by atoms with Gasteiger partial charge in [0, 0.05) is 25.7 Å². The van der Waals surface area contributed by atoms with E-state index < -0.39 is 5.82 Å². The van der Waals surface area contributed by atoms with Crippen LogP contribution in [0.4, 0.5) is 14.9 Å². The van der Waals surface area contributed by atoms with Crippen LogP contribution in [0.3, 0.4) is 0 Å². The van der Waals surface area contributed by atoms with Gasteiger partial charge in [0.2, 0.25) is 0 Å². The minimum atomic E-state index is -0.418. The molecule has 0 radical (unpaired) electrons. The molecule has 0 aliphatic rings. The molecule has 1 heterocycles. The van der Waals surface area contributed by atoms with Crippen molar-refractivity contribution >= 4 is 23.3 Å². The molecule has 0 atom stereocenters. The van der Waals surface area contributed by atoms with Gasteiger partial charge in [-0.15, -0.1) is 0 Å². The molecular formula is C20H20ClFN4O3. The van der Waals surface area contributed by atoms with Gasteiger partial charge in [0.05, 0.1) is 5.02 Å². The maximum absolute atomic E-state index is 13.2. The normalized spacial score (nSPS) is 10.6. The molecule has 0 saturated carbocycles. The Hall–Kier alpha value is -3.13. The number of likely N-dealkylation sites (N-methyl/N-ethyl adjacent to an activating group) is 1. The van der Waals surface area contributed by atoms with Gasteiger partial charge in [-0.1, -0.05) is 28.9 Å². The predicted octanol–water partition coefficient (Wildman–Crippen LogP) is 4.46. The van der Waals surface area contributed by atoms with Gasteiger partial charge < -0.3 is 19.5 Å². The van der Waals surface area contributed by atoms with Crippen molar-refractivity contribution in [2.75, 3.05) is 18.9 Å². The molecule has 0 aliphatic heterocycles. The van der Waals surface area contributed by atoms with E-state index in [1.807, 2.05) is 19.1 Å². The molecule has 0 spiro atoms. The molecule has 3 aromatic rings. The van der Waals surface area contributed by atoms with Crippen LogP contribution in [0.25, 0.3) is 0 Å². The lowest BCUT2D eigenvalue weighted by Crippen LogP contribution is -2.33. The Balaban J connectivity index is 1.48. The number of aromatic nitrogens is 2. The fourth-order valence-electron chi connectivity index (χ4n) is 2.47. The lowest BCUT2D eigenvalue weighted by Gasteiger charge is -2.17. The van der Waals surface area contributed by atoms with E-state index in [2.05, 4.69) is 15.5 Å². The second-order valence-electron chi connectivity index (χ2n) is 6.44. The zero-order chi connectivity index (χ0) is 20.8. The van der Waals surface area contributed by atoms with Gasteiger partial charge in [-0.2, -0.15) is 4.98 Å². The van der Waals surface area contributed by atoms with E-state index in [4.69, 9.17) is 20.9 Å². The summed E-state index contributed by atoms with van der Waals surface area (Å²) in [6, 6.07) is 10.8. The molecule has 3 rings (SSSR count). The van der Waals surface area contributed by atoms with Gasteiger partial charge in [0.1, 0.15) is 11.6 Å². The highest BCUT2D eigenvalue weighted by Gasteiger charge is 2.13. The van der Waals surface area contributed by atoms with Crippen molar-refractivity contribution in [1.29, 1.82) is 0 Å². The number of carbonyl (C=O) groups excluding carboxylic acids is 1.